The Kier molecular flexibility index (Phi) is 3.88. The van der Waals surface area contributed by atoms with Crippen LogP contribution in [0.2, 0.25) is 0 Å². The predicted octanol–water partition coefficient (Wildman–Crippen LogP) is 0.990. The summed E-state index contributed by atoms with van der Waals surface area (Å²) in [5.41, 5.74) is 0. The van der Waals surface area contributed by atoms with E-state index in [-0.39, 0.29) is 0 Å². The molecule has 0 saturated heterocycles. The zero-order valence-corrected chi connectivity index (χ0v) is 6.52. The van der Waals surface area contributed by atoms with E-state index in [4.69, 9.17) is 0 Å². The van der Waals surface area contributed by atoms with Gasteiger partial charge in [0.15, 0.2) is 11.6 Å². The van der Waals surface area contributed by atoms with Gasteiger partial charge in [-0.25, -0.2) is 4.39 Å². The molecule has 0 fully saturated rings. The zero-order valence-electron chi connectivity index (χ0n) is 6.52. The molecular weight excluding hydrogens is 133 g/mol. The molecule has 0 aromatic carbocycles. The minimum atomic E-state index is -0.659. The molecule has 0 aromatic heterocycles. The van der Waals surface area contributed by atoms with Gasteiger partial charge in [0.25, 0.3) is 0 Å². The summed E-state index contributed by atoms with van der Waals surface area (Å²) in [7, 11) is 3.62. The number of likely N-dealkylation sites (N-methyl/N-ethyl adjacent to an activating group) is 1. The average Bonchev–Trinajstić information content (AvgIpc) is 1.82. The maximum absolute atomic E-state index is 12.4. The second kappa shape index (κ2) is 4.17. The summed E-state index contributed by atoms with van der Waals surface area (Å²) in [6.07, 6.45) is 1.27. The number of nitrogens with zero attached hydrogens (tertiary/aromatic N) is 1. The van der Waals surface area contributed by atoms with Gasteiger partial charge in [0.1, 0.15) is 0 Å². The van der Waals surface area contributed by atoms with Gasteiger partial charge in [-0.2, -0.15) is 0 Å². The molecule has 0 spiro atoms. The van der Waals surface area contributed by atoms with E-state index < -0.39 is 11.6 Å². The normalized spacial score (nSPS) is 12.3. The van der Waals surface area contributed by atoms with Crippen LogP contribution < -0.4 is 0 Å². The maximum Gasteiger partial charge on any atom is 0.187 e. The van der Waals surface area contributed by atoms with Crippen molar-refractivity contribution in [3.8, 4) is 0 Å². The average molecular weight is 145 g/mol. The van der Waals surface area contributed by atoms with Crippen molar-refractivity contribution in [1.82, 2.24) is 4.90 Å². The lowest BCUT2D eigenvalue weighted by Crippen LogP contribution is -2.11. The first-order chi connectivity index (χ1) is 4.54. The summed E-state index contributed by atoms with van der Waals surface area (Å²) in [4.78, 5) is 12.1. The second-order valence-corrected chi connectivity index (χ2v) is 2.37. The Labute approximate surface area is 60.3 Å². The van der Waals surface area contributed by atoms with Crippen LogP contribution in [0.25, 0.3) is 0 Å². The van der Waals surface area contributed by atoms with Crippen molar-refractivity contribution in [3.63, 3.8) is 0 Å². The number of hydrogen-bond acceptors (Lipinski definition) is 2. The van der Waals surface area contributed by atoms with Gasteiger partial charge >= 0.3 is 0 Å². The summed E-state index contributed by atoms with van der Waals surface area (Å²) in [6, 6.07) is 0. The van der Waals surface area contributed by atoms with Crippen LogP contribution in [0.4, 0.5) is 4.39 Å². The smallest absolute Gasteiger partial charge is 0.187 e. The fraction of sp³-hybridized carbons (Fsp3) is 0.571. The van der Waals surface area contributed by atoms with E-state index in [1.807, 2.05) is 14.1 Å². The van der Waals surface area contributed by atoms with Gasteiger partial charge in [-0.1, -0.05) is 0 Å². The standard InChI is InChI=1S/C7H12FNO/c1-6(10)7(8)4-5-9(2)3/h4H,5H2,1-3H3/b7-4-. The summed E-state index contributed by atoms with van der Waals surface area (Å²) < 4.78 is 12.4. The van der Waals surface area contributed by atoms with E-state index >= 15 is 0 Å². The predicted molar refractivity (Wildman–Crippen MR) is 38.4 cm³/mol. The van der Waals surface area contributed by atoms with Crippen LogP contribution in [-0.2, 0) is 4.79 Å². The molecule has 58 valence electrons. The van der Waals surface area contributed by atoms with Gasteiger partial charge in [0.05, 0.1) is 0 Å². The Hall–Kier alpha value is -0.700. The van der Waals surface area contributed by atoms with Crippen LogP contribution in [0, 0.1) is 0 Å². The number of carbonyl (C=O) groups is 1. The number of ketones is 1. The lowest BCUT2D eigenvalue weighted by molar-refractivity contribution is -0.114. The van der Waals surface area contributed by atoms with E-state index in [0.717, 1.165) is 0 Å². The zero-order chi connectivity index (χ0) is 8.15. The summed E-state index contributed by atoms with van der Waals surface area (Å²) in [5, 5.41) is 0. The lowest BCUT2D eigenvalue weighted by atomic mass is 10.3. The minimum Gasteiger partial charge on any atom is -0.306 e. The topological polar surface area (TPSA) is 20.3 Å². The molecule has 0 aliphatic rings. The molecule has 0 atom stereocenters. The molecule has 0 saturated carbocycles. The Bertz CT molecular complexity index is 152. The molecule has 2 nitrogen and oxygen atoms in total. The highest BCUT2D eigenvalue weighted by Crippen LogP contribution is 1.96. The third-order valence-electron chi connectivity index (χ3n) is 0.972. The van der Waals surface area contributed by atoms with Crippen molar-refractivity contribution in [2.45, 2.75) is 6.92 Å². The van der Waals surface area contributed by atoms with Gasteiger partial charge in [0.2, 0.25) is 0 Å². The van der Waals surface area contributed by atoms with Crippen molar-refractivity contribution >= 4 is 5.78 Å². The number of rotatable bonds is 3. The first-order valence-corrected chi connectivity index (χ1v) is 3.05. The molecule has 0 N–H and O–H groups in total. The minimum absolute atomic E-state index is 0.464. The monoisotopic (exact) mass is 145 g/mol. The van der Waals surface area contributed by atoms with Crippen LogP contribution in [0.1, 0.15) is 6.92 Å². The molecule has 3 heteroatoms. The molecule has 10 heavy (non-hydrogen) atoms. The Balaban J connectivity index is 3.81. The van der Waals surface area contributed by atoms with E-state index in [1.165, 1.54) is 13.0 Å². The molecule has 0 rings (SSSR count). The molecule has 0 radical (unpaired) electrons. The van der Waals surface area contributed by atoms with Crippen molar-refractivity contribution in [3.05, 3.63) is 11.9 Å². The van der Waals surface area contributed by atoms with Gasteiger partial charge in [-0.05, 0) is 20.2 Å². The molecular formula is C7H12FNO. The fourth-order valence-electron chi connectivity index (χ4n) is 0.406. The molecule has 0 bridgehead atoms. The fourth-order valence-corrected chi connectivity index (χ4v) is 0.406. The van der Waals surface area contributed by atoms with Crippen molar-refractivity contribution in [2.24, 2.45) is 0 Å². The van der Waals surface area contributed by atoms with Gasteiger partial charge in [0, 0.05) is 13.5 Å². The maximum atomic E-state index is 12.4. The first kappa shape index (κ1) is 9.30. The van der Waals surface area contributed by atoms with Crippen LogP contribution in [0.3, 0.4) is 0 Å². The van der Waals surface area contributed by atoms with E-state index in [1.54, 1.807) is 4.90 Å². The molecule has 0 amide bonds. The van der Waals surface area contributed by atoms with Gasteiger partial charge in [-0.15, -0.1) is 0 Å². The van der Waals surface area contributed by atoms with Crippen molar-refractivity contribution < 1.29 is 9.18 Å². The Morgan fingerprint density at radius 3 is 2.40 bits per heavy atom. The lowest BCUT2D eigenvalue weighted by Gasteiger charge is -2.03. The number of allylic oxidation sites excluding steroid dienone is 1. The molecule has 0 unspecified atom stereocenters. The number of halogens is 1. The summed E-state index contributed by atoms with van der Waals surface area (Å²) in [6.45, 7) is 1.67. The van der Waals surface area contributed by atoms with Crippen molar-refractivity contribution in [1.29, 1.82) is 0 Å². The summed E-state index contributed by atoms with van der Waals surface area (Å²) >= 11 is 0. The second-order valence-electron chi connectivity index (χ2n) is 2.37. The highest BCUT2D eigenvalue weighted by molar-refractivity contribution is 5.90. The van der Waals surface area contributed by atoms with Crippen LogP contribution in [-0.4, -0.2) is 31.3 Å². The van der Waals surface area contributed by atoms with Crippen LogP contribution in [0.5, 0.6) is 0 Å². The van der Waals surface area contributed by atoms with E-state index in [9.17, 15) is 9.18 Å². The van der Waals surface area contributed by atoms with E-state index in [2.05, 4.69) is 0 Å². The summed E-state index contributed by atoms with van der Waals surface area (Å²) in [5.74, 6) is -1.17. The molecule has 0 aliphatic carbocycles. The third kappa shape index (κ3) is 4.21. The van der Waals surface area contributed by atoms with Gasteiger partial charge < -0.3 is 4.90 Å². The quantitative estimate of drug-likeness (QED) is 0.552. The highest BCUT2D eigenvalue weighted by atomic mass is 19.1. The Morgan fingerprint density at radius 2 is 2.10 bits per heavy atom. The highest BCUT2D eigenvalue weighted by Gasteiger charge is 1.99. The molecule has 0 aromatic rings. The number of carbonyl (C=O) groups excluding carboxylic acids is 1. The van der Waals surface area contributed by atoms with Crippen LogP contribution >= 0.6 is 0 Å². The third-order valence-corrected chi connectivity index (χ3v) is 0.972. The van der Waals surface area contributed by atoms with Crippen LogP contribution in [0.15, 0.2) is 11.9 Å². The molecule has 0 aliphatic heterocycles. The SMILES string of the molecule is CC(=O)/C(F)=C/CN(C)C. The molecule has 0 heterocycles. The first-order valence-electron chi connectivity index (χ1n) is 3.05. The largest absolute Gasteiger partial charge is 0.306 e. The van der Waals surface area contributed by atoms with Gasteiger partial charge in [-0.3, -0.25) is 4.79 Å². The number of hydrogen-bond donors (Lipinski definition) is 0. The van der Waals surface area contributed by atoms with Crippen molar-refractivity contribution in [2.75, 3.05) is 20.6 Å². The van der Waals surface area contributed by atoms with E-state index in [0.29, 0.717) is 6.54 Å². The Morgan fingerprint density at radius 1 is 1.60 bits per heavy atom. The number of Topliss-reactive ketones (excluding diaryl/α,β-unsaturated/α-hetero) is 1.